The molecular weight excluding hydrogens is 663 g/mol. The summed E-state index contributed by atoms with van der Waals surface area (Å²) in [6, 6.07) is 66.3. The molecule has 10 rings (SSSR count). The summed E-state index contributed by atoms with van der Waals surface area (Å²) in [4.78, 5) is 15.7. The van der Waals surface area contributed by atoms with Crippen molar-refractivity contribution in [2.24, 2.45) is 0 Å². The predicted molar refractivity (Wildman–Crippen MR) is 223 cm³/mol. The second-order valence-electron chi connectivity index (χ2n) is 13.2. The van der Waals surface area contributed by atoms with Gasteiger partial charge in [-0.25, -0.2) is 15.0 Å². The first-order valence-corrected chi connectivity index (χ1v) is 18.6. The van der Waals surface area contributed by atoms with Crippen LogP contribution in [-0.4, -0.2) is 15.0 Å². The molecule has 2 heterocycles. The number of rotatable bonds is 6. The third-order valence-corrected chi connectivity index (χ3v) is 11.2. The van der Waals surface area contributed by atoms with Gasteiger partial charge in [-0.2, -0.15) is 0 Å². The lowest BCUT2D eigenvalue weighted by Crippen LogP contribution is -2.01. The van der Waals surface area contributed by atoms with Crippen LogP contribution in [0.1, 0.15) is 0 Å². The van der Waals surface area contributed by atoms with Crippen LogP contribution in [0.5, 0.6) is 0 Å². The summed E-state index contributed by atoms with van der Waals surface area (Å²) < 4.78 is 2.43. The highest BCUT2D eigenvalue weighted by Crippen LogP contribution is 2.41. The van der Waals surface area contributed by atoms with Gasteiger partial charge in [-0.3, -0.25) is 0 Å². The molecule has 248 valence electrons. The molecule has 0 aliphatic carbocycles. The first-order valence-electron chi connectivity index (χ1n) is 17.8. The van der Waals surface area contributed by atoms with E-state index in [9.17, 15) is 0 Å². The van der Waals surface area contributed by atoms with Crippen LogP contribution in [0.4, 0.5) is 0 Å². The fraction of sp³-hybridized carbons (Fsp3) is 0. The Bertz CT molecular complexity index is 2910. The molecule has 53 heavy (non-hydrogen) atoms. The molecule has 0 bridgehead atoms. The summed E-state index contributed by atoms with van der Waals surface area (Å²) in [6.45, 7) is 0. The van der Waals surface area contributed by atoms with E-state index in [1.165, 1.54) is 42.4 Å². The minimum Gasteiger partial charge on any atom is -0.208 e. The number of nitrogens with zero attached hydrogens (tertiary/aromatic N) is 3. The first-order chi connectivity index (χ1) is 26.3. The molecule has 2 aromatic heterocycles. The second-order valence-corrected chi connectivity index (χ2v) is 14.2. The van der Waals surface area contributed by atoms with Crippen molar-refractivity contribution in [3.63, 3.8) is 0 Å². The Morgan fingerprint density at radius 3 is 1.38 bits per heavy atom. The predicted octanol–water partition coefficient (Wildman–Crippen LogP) is 13.4. The molecule has 0 spiro atoms. The topological polar surface area (TPSA) is 38.7 Å². The average molecular weight is 694 g/mol. The number of benzene rings is 8. The Labute approximate surface area is 311 Å². The molecule has 0 amide bonds. The lowest BCUT2D eigenvalue weighted by Gasteiger charge is -2.13. The van der Waals surface area contributed by atoms with Crippen molar-refractivity contribution in [3.8, 4) is 67.5 Å². The van der Waals surface area contributed by atoms with E-state index in [0.717, 1.165) is 38.6 Å². The van der Waals surface area contributed by atoms with Gasteiger partial charge in [-0.15, -0.1) is 11.3 Å². The normalized spacial score (nSPS) is 11.4. The molecule has 0 N–H and O–H groups in total. The third kappa shape index (κ3) is 5.66. The summed E-state index contributed by atoms with van der Waals surface area (Å²) in [5.74, 6) is 1.96. The molecular formula is C49H31N3S. The highest BCUT2D eigenvalue weighted by molar-refractivity contribution is 7.26. The molecule has 0 aliphatic rings. The van der Waals surface area contributed by atoms with Crippen molar-refractivity contribution in [3.05, 3.63) is 188 Å². The van der Waals surface area contributed by atoms with Gasteiger partial charge in [-0.1, -0.05) is 170 Å². The molecule has 0 atom stereocenters. The summed E-state index contributed by atoms with van der Waals surface area (Å²) in [5.41, 5.74) is 10.0. The van der Waals surface area contributed by atoms with Crippen LogP contribution in [0, 0.1) is 0 Å². The van der Waals surface area contributed by atoms with E-state index in [4.69, 9.17) is 15.0 Å². The lowest BCUT2D eigenvalue weighted by molar-refractivity contribution is 1.08. The Morgan fingerprint density at radius 2 is 0.717 bits per heavy atom. The summed E-state index contributed by atoms with van der Waals surface area (Å²) in [6.07, 6.45) is 0. The van der Waals surface area contributed by atoms with Gasteiger partial charge < -0.3 is 0 Å². The Kier molecular flexibility index (Phi) is 7.67. The Balaban J connectivity index is 1.12. The third-order valence-electron chi connectivity index (χ3n) is 10.00. The highest BCUT2D eigenvalue weighted by atomic mass is 32.1. The zero-order chi connectivity index (χ0) is 35.1. The van der Waals surface area contributed by atoms with Crippen molar-refractivity contribution in [2.75, 3.05) is 0 Å². The molecule has 10 aromatic rings. The average Bonchev–Trinajstić information content (AvgIpc) is 3.63. The van der Waals surface area contributed by atoms with E-state index in [-0.39, 0.29) is 0 Å². The van der Waals surface area contributed by atoms with Crippen molar-refractivity contribution in [2.45, 2.75) is 0 Å². The Morgan fingerprint density at radius 1 is 0.264 bits per heavy atom. The van der Waals surface area contributed by atoms with Crippen LogP contribution < -0.4 is 0 Å². The van der Waals surface area contributed by atoms with Crippen LogP contribution in [0.3, 0.4) is 0 Å². The van der Waals surface area contributed by atoms with Crippen LogP contribution in [0.15, 0.2) is 188 Å². The first kappa shape index (κ1) is 31.0. The molecule has 0 unspecified atom stereocenters. The van der Waals surface area contributed by atoms with E-state index in [2.05, 4.69) is 182 Å². The van der Waals surface area contributed by atoms with Crippen LogP contribution in [0.2, 0.25) is 0 Å². The fourth-order valence-corrected chi connectivity index (χ4v) is 8.54. The van der Waals surface area contributed by atoms with E-state index in [1.807, 2.05) is 6.07 Å². The highest BCUT2D eigenvalue weighted by Gasteiger charge is 2.18. The molecule has 0 saturated heterocycles. The number of thiophene rings is 1. The summed E-state index contributed by atoms with van der Waals surface area (Å²) >= 11 is 1.79. The van der Waals surface area contributed by atoms with Crippen LogP contribution >= 0.6 is 11.3 Å². The van der Waals surface area contributed by atoms with Gasteiger partial charge in [0.05, 0.1) is 0 Å². The van der Waals surface area contributed by atoms with Crippen LogP contribution in [-0.2, 0) is 0 Å². The van der Waals surface area contributed by atoms with Gasteiger partial charge in [0.25, 0.3) is 0 Å². The molecule has 4 heteroatoms. The maximum absolute atomic E-state index is 5.26. The molecule has 8 aromatic carbocycles. The van der Waals surface area contributed by atoms with Crippen molar-refractivity contribution >= 4 is 42.3 Å². The molecule has 3 nitrogen and oxygen atoms in total. The van der Waals surface area contributed by atoms with Crippen molar-refractivity contribution in [1.29, 1.82) is 0 Å². The maximum atomic E-state index is 5.26. The number of hydrogen-bond donors (Lipinski definition) is 0. The minimum atomic E-state index is 0.644. The lowest BCUT2D eigenvalue weighted by atomic mass is 9.94. The smallest absolute Gasteiger partial charge is 0.165 e. The molecule has 0 radical (unpaired) electrons. The van der Waals surface area contributed by atoms with Crippen molar-refractivity contribution < 1.29 is 0 Å². The zero-order valence-electron chi connectivity index (χ0n) is 28.6. The van der Waals surface area contributed by atoms with E-state index < -0.39 is 0 Å². The summed E-state index contributed by atoms with van der Waals surface area (Å²) in [7, 11) is 0. The number of aromatic nitrogens is 3. The molecule has 0 saturated carbocycles. The summed E-state index contributed by atoms with van der Waals surface area (Å²) in [5, 5.41) is 4.73. The van der Waals surface area contributed by atoms with Gasteiger partial charge in [0.2, 0.25) is 0 Å². The van der Waals surface area contributed by atoms with Gasteiger partial charge in [-0.05, 0) is 62.4 Å². The number of fused-ring (bicyclic) bond motifs is 4. The van der Waals surface area contributed by atoms with Crippen LogP contribution in [0.25, 0.3) is 98.5 Å². The Hall–Kier alpha value is -6.75. The SMILES string of the molecule is c1ccc(-c2ccc(-c3ccc(-c4nc(-c5ccc(-c6ccccc6)c6ccccc56)nc(-c5cccc6c5sc5ccccc56)n4)cc3)cc2)cc1. The minimum absolute atomic E-state index is 0.644. The zero-order valence-corrected chi connectivity index (χ0v) is 29.5. The maximum Gasteiger partial charge on any atom is 0.165 e. The standard InChI is InChI=1S/C49H31N3S/c1-3-12-32(13-4-1)33-22-24-34(25-23-33)35-26-28-37(29-27-35)47-50-48(43-31-30-38(36-14-5-2-6-15-36)39-16-7-8-17-40(39)43)52-49(51-47)44-20-11-19-42-41-18-9-10-21-45(41)53-46(42)44/h1-31H. The van der Waals surface area contributed by atoms with Gasteiger partial charge in [0.15, 0.2) is 17.5 Å². The second kappa shape index (κ2) is 13.1. The quantitative estimate of drug-likeness (QED) is 0.174. The van der Waals surface area contributed by atoms with Gasteiger partial charge in [0.1, 0.15) is 0 Å². The number of hydrogen-bond acceptors (Lipinski definition) is 4. The molecule has 0 fully saturated rings. The van der Waals surface area contributed by atoms with Gasteiger partial charge in [0, 0.05) is 36.9 Å². The van der Waals surface area contributed by atoms with Crippen molar-refractivity contribution in [1.82, 2.24) is 15.0 Å². The monoisotopic (exact) mass is 693 g/mol. The van der Waals surface area contributed by atoms with E-state index in [0.29, 0.717) is 17.5 Å². The van der Waals surface area contributed by atoms with Gasteiger partial charge >= 0.3 is 0 Å². The molecule has 0 aliphatic heterocycles. The largest absolute Gasteiger partial charge is 0.208 e. The fourth-order valence-electron chi connectivity index (χ4n) is 7.33. The van der Waals surface area contributed by atoms with E-state index >= 15 is 0 Å². The van der Waals surface area contributed by atoms with E-state index in [1.54, 1.807) is 11.3 Å².